The molecule has 0 unspecified atom stereocenters. The number of aliphatic hydroxyl groups is 1. The molecule has 2 rings (SSSR count). The normalized spacial score (nSPS) is 12.2. The fourth-order valence-electron chi connectivity index (χ4n) is 1.69. The third-order valence-corrected chi connectivity index (χ3v) is 3.72. The molecule has 0 spiro atoms. The van der Waals surface area contributed by atoms with Gasteiger partial charge in [0.05, 0.1) is 11.1 Å². The lowest BCUT2D eigenvalue weighted by atomic mass is 10.1. The lowest BCUT2D eigenvalue weighted by molar-refractivity contribution is 0.199. The van der Waals surface area contributed by atoms with Crippen LogP contribution in [-0.2, 0) is 6.61 Å². The molecule has 0 aliphatic heterocycles. The maximum atomic E-state index is 9.48. The average Bonchev–Trinajstić information content (AvgIpc) is 2.38. The van der Waals surface area contributed by atoms with Crippen molar-refractivity contribution >= 4 is 34.8 Å². The number of halogens is 3. The molecule has 0 radical (unpaired) electrons. The molecule has 5 heteroatoms. The summed E-state index contributed by atoms with van der Waals surface area (Å²) >= 11 is 18.0. The molecule has 0 saturated carbocycles. The molecular weight excluding hydrogens is 319 g/mol. The minimum Gasteiger partial charge on any atom is -0.487 e. The first-order valence-electron chi connectivity index (χ1n) is 6.01. The first-order valence-corrected chi connectivity index (χ1v) is 7.15. The van der Waals surface area contributed by atoms with Gasteiger partial charge in [0.15, 0.2) is 0 Å². The summed E-state index contributed by atoms with van der Waals surface area (Å²) in [5.41, 5.74) is 1.57. The number of rotatable bonds is 4. The van der Waals surface area contributed by atoms with Crippen molar-refractivity contribution < 1.29 is 9.84 Å². The van der Waals surface area contributed by atoms with Gasteiger partial charge < -0.3 is 9.84 Å². The predicted octanol–water partition coefficient (Wildman–Crippen LogP) is 5.28. The van der Waals surface area contributed by atoms with Gasteiger partial charge in [0.2, 0.25) is 0 Å². The number of ether oxygens (including phenoxy) is 1. The van der Waals surface area contributed by atoms with Crippen LogP contribution in [0.2, 0.25) is 15.1 Å². The quantitative estimate of drug-likeness (QED) is 0.826. The zero-order chi connectivity index (χ0) is 14.7. The minimum absolute atomic E-state index is 0.295. The second-order valence-corrected chi connectivity index (χ2v) is 5.64. The van der Waals surface area contributed by atoms with E-state index in [4.69, 9.17) is 39.5 Å². The maximum absolute atomic E-state index is 9.48. The van der Waals surface area contributed by atoms with E-state index in [-0.39, 0.29) is 0 Å². The van der Waals surface area contributed by atoms with E-state index in [0.29, 0.717) is 27.4 Å². The number of hydrogen-bond acceptors (Lipinski definition) is 2. The Morgan fingerprint density at radius 1 is 1.05 bits per heavy atom. The highest BCUT2D eigenvalue weighted by atomic mass is 35.5. The van der Waals surface area contributed by atoms with E-state index in [1.54, 1.807) is 37.3 Å². The van der Waals surface area contributed by atoms with E-state index in [1.807, 2.05) is 6.07 Å². The van der Waals surface area contributed by atoms with Gasteiger partial charge in [-0.25, -0.2) is 0 Å². The van der Waals surface area contributed by atoms with Crippen LogP contribution in [0.15, 0.2) is 36.4 Å². The molecule has 1 N–H and O–H groups in total. The van der Waals surface area contributed by atoms with Gasteiger partial charge in [-0.15, -0.1) is 0 Å². The topological polar surface area (TPSA) is 29.5 Å². The van der Waals surface area contributed by atoms with Crippen molar-refractivity contribution in [3.63, 3.8) is 0 Å². The largest absolute Gasteiger partial charge is 0.487 e. The summed E-state index contributed by atoms with van der Waals surface area (Å²) in [6.07, 6.45) is -0.563. The molecule has 0 heterocycles. The molecular formula is C15H13Cl3O2. The summed E-state index contributed by atoms with van der Waals surface area (Å²) in [7, 11) is 0. The second-order valence-electron chi connectivity index (χ2n) is 4.39. The van der Waals surface area contributed by atoms with Crippen LogP contribution in [0.25, 0.3) is 0 Å². The monoisotopic (exact) mass is 330 g/mol. The van der Waals surface area contributed by atoms with Crippen LogP contribution in [0.5, 0.6) is 5.75 Å². The van der Waals surface area contributed by atoms with E-state index in [9.17, 15) is 5.11 Å². The van der Waals surface area contributed by atoms with Gasteiger partial charge in [0, 0.05) is 15.6 Å². The van der Waals surface area contributed by atoms with Crippen LogP contribution < -0.4 is 4.74 Å². The van der Waals surface area contributed by atoms with Crippen LogP contribution >= 0.6 is 34.8 Å². The minimum atomic E-state index is -0.563. The summed E-state index contributed by atoms with van der Waals surface area (Å²) in [6.45, 7) is 1.98. The number of aliphatic hydroxyl groups excluding tert-OH is 1. The highest BCUT2D eigenvalue weighted by molar-refractivity contribution is 6.35. The van der Waals surface area contributed by atoms with Crippen molar-refractivity contribution in [2.45, 2.75) is 19.6 Å². The summed E-state index contributed by atoms with van der Waals surface area (Å²) in [5, 5.41) is 11.1. The molecule has 2 nitrogen and oxygen atoms in total. The highest BCUT2D eigenvalue weighted by Gasteiger charge is 2.08. The molecule has 0 bridgehead atoms. The molecule has 2 aromatic carbocycles. The summed E-state index contributed by atoms with van der Waals surface area (Å²) < 4.78 is 5.64. The molecule has 0 amide bonds. The maximum Gasteiger partial charge on any atom is 0.138 e. The van der Waals surface area contributed by atoms with Crippen LogP contribution in [0.1, 0.15) is 24.2 Å². The van der Waals surface area contributed by atoms with Crippen LogP contribution in [0.4, 0.5) is 0 Å². The molecule has 0 aromatic heterocycles. The first kappa shape index (κ1) is 15.5. The fraction of sp³-hybridized carbons (Fsp3) is 0.200. The zero-order valence-corrected chi connectivity index (χ0v) is 13.0. The standard InChI is InChI=1S/C15H13Cl3O2/c1-9(19)10-3-5-15(14(18)6-10)20-8-11-2-4-12(16)7-13(11)17/h2-7,9,19H,8H2,1H3/t9-/m0/s1. The van der Waals surface area contributed by atoms with Crippen LogP contribution in [-0.4, -0.2) is 5.11 Å². The molecule has 1 atom stereocenters. The van der Waals surface area contributed by atoms with E-state index < -0.39 is 6.10 Å². The summed E-state index contributed by atoms with van der Waals surface area (Å²) in [5.74, 6) is 0.544. The first-order chi connectivity index (χ1) is 9.47. The Balaban J connectivity index is 2.11. The second kappa shape index (κ2) is 6.68. The Morgan fingerprint density at radius 3 is 2.40 bits per heavy atom. The summed E-state index contributed by atoms with van der Waals surface area (Å²) in [4.78, 5) is 0. The molecule has 20 heavy (non-hydrogen) atoms. The van der Waals surface area contributed by atoms with Crippen LogP contribution in [0.3, 0.4) is 0 Å². The van der Waals surface area contributed by atoms with E-state index in [0.717, 1.165) is 11.1 Å². The van der Waals surface area contributed by atoms with Crippen molar-refractivity contribution in [1.29, 1.82) is 0 Å². The van der Waals surface area contributed by atoms with Gasteiger partial charge in [0.1, 0.15) is 12.4 Å². The molecule has 0 saturated heterocycles. The smallest absolute Gasteiger partial charge is 0.138 e. The Kier molecular flexibility index (Phi) is 5.17. The van der Waals surface area contributed by atoms with E-state index >= 15 is 0 Å². The Bertz CT molecular complexity index is 612. The zero-order valence-electron chi connectivity index (χ0n) is 10.7. The van der Waals surface area contributed by atoms with E-state index in [1.165, 1.54) is 0 Å². The molecule has 0 aliphatic rings. The third kappa shape index (κ3) is 3.80. The Labute approximate surface area is 132 Å². The lowest BCUT2D eigenvalue weighted by Gasteiger charge is -2.11. The third-order valence-electron chi connectivity index (χ3n) is 2.84. The fourth-order valence-corrected chi connectivity index (χ4v) is 2.39. The Morgan fingerprint density at radius 2 is 1.80 bits per heavy atom. The highest BCUT2D eigenvalue weighted by Crippen LogP contribution is 2.29. The summed E-state index contributed by atoms with van der Waals surface area (Å²) in [6, 6.07) is 10.4. The van der Waals surface area contributed by atoms with Crippen molar-refractivity contribution in [3.8, 4) is 5.75 Å². The van der Waals surface area contributed by atoms with Gasteiger partial charge in [0.25, 0.3) is 0 Å². The lowest BCUT2D eigenvalue weighted by Crippen LogP contribution is -1.98. The number of benzene rings is 2. The van der Waals surface area contributed by atoms with Crippen LogP contribution in [0, 0.1) is 0 Å². The van der Waals surface area contributed by atoms with Crippen molar-refractivity contribution in [1.82, 2.24) is 0 Å². The molecule has 0 fully saturated rings. The molecule has 106 valence electrons. The van der Waals surface area contributed by atoms with Gasteiger partial charge >= 0.3 is 0 Å². The predicted molar refractivity (Wildman–Crippen MR) is 82.9 cm³/mol. The Hall–Kier alpha value is -0.930. The molecule has 0 aliphatic carbocycles. The SMILES string of the molecule is C[C@H](O)c1ccc(OCc2ccc(Cl)cc2Cl)c(Cl)c1. The van der Waals surface area contributed by atoms with Gasteiger partial charge in [-0.1, -0.05) is 46.9 Å². The van der Waals surface area contributed by atoms with Crippen molar-refractivity contribution in [2.24, 2.45) is 0 Å². The van der Waals surface area contributed by atoms with E-state index in [2.05, 4.69) is 0 Å². The van der Waals surface area contributed by atoms with Crippen molar-refractivity contribution in [3.05, 3.63) is 62.6 Å². The van der Waals surface area contributed by atoms with Crippen molar-refractivity contribution in [2.75, 3.05) is 0 Å². The van der Waals surface area contributed by atoms with Gasteiger partial charge in [-0.3, -0.25) is 0 Å². The van der Waals surface area contributed by atoms with Gasteiger partial charge in [-0.2, -0.15) is 0 Å². The average molecular weight is 332 g/mol. The van der Waals surface area contributed by atoms with Gasteiger partial charge in [-0.05, 0) is 36.8 Å². The molecule has 2 aromatic rings. The number of hydrogen-bond donors (Lipinski definition) is 1.